The molecule has 0 bridgehead atoms. The highest BCUT2D eigenvalue weighted by Gasteiger charge is 2.37. The van der Waals surface area contributed by atoms with E-state index in [0.29, 0.717) is 17.0 Å². The zero-order valence-corrected chi connectivity index (χ0v) is 16.5. The molecular weight excluding hydrogens is 412 g/mol. The van der Waals surface area contributed by atoms with Crippen molar-refractivity contribution >= 4 is 28.8 Å². The maximum absolute atomic E-state index is 12.5. The SMILES string of the molecule is NC(=O)c1ccc(N2Cc3ccccc3Oc3c(O)c4c(c(O)c32)C(=O)C=CC4=O)cc1. The van der Waals surface area contributed by atoms with E-state index in [9.17, 15) is 24.6 Å². The molecule has 3 aromatic carbocycles. The summed E-state index contributed by atoms with van der Waals surface area (Å²) in [6.45, 7) is 0.211. The zero-order valence-electron chi connectivity index (χ0n) is 16.5. The van der Waals surface area contributed by atoms with Crippen molar-refractivity contribution in [2.45, 2.75) is 6.54 Å². The average molecular weight is 428 g/mol. The zero-order chi connectivity index (χ0) is 22.6. The number of benzene rings is 3. The van der Waals surface area contributed by atoms with E-state index in [0.717, 1.165) is 17.7 Å². The number of para-hydroxylation sites is 1. The lowest BCUT2D eigenvalue weighted by molar-refractivity contribution is 0.0989. The molecule has 32 heavy (non-hydrogen) atoms. The predicted molar refractivity (Wildman–Crippen MR) is 115 cm³/mol. The van der Waals surface area contributed by atoms with Crippen LogP contribution in [-0.2, 0) is 6.54 Å². The lowest BCUT2D eigenvalue weighted by Crippen LogP contribution is -2.19. The molecule has 1 amide bonds. The lowest BCUT2D eigenvalue weighted by Gasteiger charge is -2.27. The van der Waals surface area contributed by atoms with E-state index in [1.165, 1.54) is 12.1 Å². The van der Waals surface area contributed by atoms with Gasteiger partial charge in [-0.3, -0.25) is 14.4 Å². The summed E-state index contributed by atoms with van der Waals surface area (Å²) >= 11 is 0. The fourth-order valence-electron chi connectivity index (χ4n) is 3.95. The quantitative estimate of drug-likeness (QED) is 0.532. The van der Waals surface area contributed by atoms with Crippen molar-refractivity contribution in [1.29, 1.82) is 0 Å². The second-order valence-electron chi connectivity index (χ2n) is 7.39. The molecule has 0 saturated heterocycles. The van der Waals surface area contributed by atoms with Crippen molar-refractivity contribution in [1.82, 2.24) is 0 Å². The molecule has 1 aliphatic carbocycles. The molecule has 4 N–H and O–H groups in total. The first-order valence-corrected chi connectivity index (χ1v) is 9.68. The highest BCUT2D eigenvalue weighted by atomic mass is 16.5. The molecule has 158 valence electrons. The van der Waals surface area contributed by atoms with Crippen LogP contribution in [0, 0.1) is 0 Å². The highest BCUT2D eigenvalue weighted by Crippen LogP contribution is 2.55. The molecule has 0 fully saturated rings. The number of primary amides is 1. The summed E-state index contributed by atoms with van der Waals surface area (Å²) in [5, 5.41) is 22.2. The van der Waals surface area contributed by atoms with E-state index in [-0.39, 0.29) is 29.1 Å². The minimum Gasteiger partial charge on any atom is -0.505 e. The summed E-state index contributed by atoms with van der Waals surface area (Å²) < 4.78 is 5.96. The number of nitrogens with zero attached hydrogens (tertiary/aromatic N) is 1. The predicted octanol–water partition coefficient (Wildman–Crippen LogP) is 3.58. The lowest BCUT2D eigenvalue weighted by atomic mass is 9.91. The number of hydrogen-bond acceptors (Lipinski definition) is 7. The molecule has 8 heteroatoms. The number of phenols is 2. The van der Waals surface area contributed by atoms with Crippen LogP contribution < -0.4 is 15.4 Å². The second-order valence-corrected chi connectivity index (χ2v) is 7.39. The van der Waals surface area contributed by atoms with Crippen LogP contribution in [0.3, 0.4) is 0 Å². The topological polar surface area (TPSA) is 130 Å². The van der Waals surface area contributed by atoms with Crippen molar-refractivity contribution < 1.29 is 29.3 Å². The van der Waals surface area contributed by atoms with Gasteiger partial charge in [0.15, 0.2) is 28.8 Å². The molecule has 0 spiro atoms. The van der Waals surface area contributed by atoms with E-state index in [1.54, 1.807) is 29.2 Å². The van der Waals surface area contributed by atoms with Gasteiger partial charge in [0.1, 0.15) is 11.4 Å². The number of hydrogen-bond donors (Lipinski definition) is 3. The van der Waals surface area contributed by atoms with Gasteiger partial charge in [-0.2, -0.15) is 0 Å². The number of ether oxygens (including phenoxy) is 1. The number of fused-ring (bicyclic) bond motifs is 3. The van der Waals surface area contributed by atoms with Crippen LogP contribution in [0.15, 0.2) is 60.7 Å². The van der Waals surface area contributed by atoms with Crippen molar-refractivity contribution in [3.63, 3.8) is 0 Å². The standard InChI is InChI=1S/C24H16N2O6/c25-24(31)12-5-7-14(8-6-12)26-11-13-3-1-2-4-17(13)32-23-20(26)21(29)18-15(27)9-10-16(28)19(18)22(23)30/h1-10,29-30H,11H2,(H2,25,31). The molecule has 0 atom stereocenters. The Morgan fingerprint density at radius 3 is 2.19 bits per heavy atom. The number of ketones is 2. The fraction of sp³-hybridized carbons (Fsp3) is 0.0417. The van der Waals surface area contributed by atoms with Crippen LogP contribution in [0.25, 0.3) is 0 Å². The number of allylic oxidation sites excluding steroid dienone is 2. The fourth-order valence-corrected chi connectivity index (χ4v) is 3.95. The smallest absolute Gasteiger partial charge is 0.248 e. The second kappa shape index (κ2) is 6.98. The Labute approximate surface area is 181 Å². The number of nitrogens with two attached hydrogens (primary N) is 1. The summed E-state index contributed by atoms with van der Waals surface area (Å²) in [5.41, 5.74) is 6.33. The number of carbonyl (C=O) groups excluding carboxylic acids is 3. The summed E-state index contributed by atoms with van der Waals surface area (Å²) in [5.74, 6) is -2.57. The van der Waals surface area contributed by atoms with Crippen LogP contribution in [0.5, 0.6) is 23.0 Å². The maximum atomic E-state index is 12.5. The van der Waals surface area contributed by atoms with Gasteiger partial charge < -0.3 is 25.6 Å². The molecule has 3 aromatic rings. The van der Waals surface area contributed by atoms with Gasteiger partial charge in [0.25, 0.3) is 0 Å². The Kier molecular flexibility index (Phi) is 4.23. The van der Waals surface area contributed by atoms with Crippen molar-refractivity contribution in [2.75, 3.05) is 4.90 Å². The summed E-state index contributed by atoms with van der Waals surface area (Å²) in [7, 11) is 0. The van der Waals surface area contributed by atoms with Crippen LogP contribution in [-0.4, -0.2) is 27.7 Å². The highest BCUT2D eigenvalue weighted by molar-refractivity contribution is 6.25. The third-order valence-electron chi connectivity index (χ3n) is 5.50. The van der Waals surface area contributed by atoms with Gasteiger partial charge in [-0.05, 0) is 42.5 Å². The first-order chi connectivity index (χ1) is 15.4. The molecule has 0 unspecified atom stereocenters. The van der Waals surface area contributed by atoms with Crippen LogP contribution >= 0.6 is 0 Å². The minimum atomic E-state index is -0.617. The van der Waals surface area contributed by atoms with Crippen molar-refractivity contribution in [3.8, 4) is 23.0 Å². The van der Waals surface area contributed by atoms with Gasteiger partial charge in [-0.1, -0.05) is 18.2 Å². The normalized spacial score (nSPS) is 14.2. The van der Waals surface area contributed by atoms with E-state index in [1.807, 2.05) is 12.1 Å². The molecular formula is C24H16N2O6. The molecule has 1 heterocycles. The number of amides is 1. The minimum absolute atomic E-state index is 0.0284. The number of carbonyl (C=O) groups is 3. The number of phenolic OH excluding ortho intramolecular Hbond substituents is 2. The van der Waals surface area contributed by atoms with E-state index in [2.05, 4.69) is 0 Å². The van der Waals surface area contributed by atoms with Gasteiger partial charge in [0.05, 0.1) is 17.7 Å². The van der Waals surface area contributed by atoms with E-state index in [4.69, 9.17) is 10.5 Å². The Hall–Kier alpha value is -4.59. The molecule has 8 nitrogen and oxygen atoms in total. The number of aromatic hydroxyl groups is 2. The Morgan fingerprint density at radius 1 is 0.906 bits per heavy atom. The molecule has 0 saturated carbocycles. The average Bonchev–Trinajstić information content (AvgIpc) is 2.96. The first-order valence-electron chi connectivity index (χ1n) is 9.68. The van der Waals surface area contributed by atoms with Gasteiger partial charge in [0.2, 0.25) is 5.91 Å². The van der Waals surface area contributed by atoms with Crippen LogP contribution in [0.1, 0.15) is 36.6 Å². The summed E-state index contributed by atoms with van der Waals surface area (Å²) in [6, 6.07) is 13.4. The van der Waals surface area contributed by atoms with E-state index < -0.39 is 29.0 Å². The Bertz CT molecular complexity index is 1360. The van der Waals surface area contributed by atoms with Gasteiger partial charge in [-0.25, -0.2) is 0 Å². The van der Waals surface area contributed by atoms with E-state index >= 15 is 0 Å². The summed E-state index contributed by atoms with van der Waals surface area (Å²) in [4.78, 5) is 38.1. The Morgan fingerprint density at radius 2 is 1.53 bits per heavy atom. The maximum Gasteiger partial charge on any atom is 0.248 e. The van der Waals surface area contributed by atoms with Gasteiger partial charge in [0, 0.05) is 16.8 Å². The Balaban J connectivity index is 1.81. The van der Waals surface area contributed by atoms with Gasteiger partial charge in [-0.15, -0.1) is 0 Å². The molecule has 1 aliphatic heterocycles. The third-order valence-corrected chi connectivity index (χ3v) is 5.50. The van der Waals surface area contributed by atoms with Crippen molar-refractivity contribution in [3.05, 3.63) is 82.9 Å². The largest absolute Gasteiger partial charge is 0.505 e. The van der Waals surface area contributed by atoms with Crippen LogP contribution in [0.2, 0.25) is 0 Å². The third kappa shape index (κ3) is 2.81. The molecule has 0 aromatic heterocycles. The molecule has 0 radical (unpaired) electrons. The monoisotopic (exact) mass is 428 g/mol. The van der Waals surface area contributed by atoms with Gasteiger partial charge >= 0.3 is 0 Å². The number of rotatable bonds is 2. The molecule has 5 rings (SSSR count). The summed E-state index contributed by atoms with van der Waals surface area (Å²) in [6.07, 6.45) is 2.09. The van der Waals surface area contributed by atoms with Crippen molar-refractivity contribution in [2.24, 2.45) is 5.73 Å². The molecule has 2 aliphatic rings. The number of anilines is 2. The first kappa shape index (κ1) is 19.4. The van der Waals surface area contributed by atoms with Crippen LogP contribution in [0.4, 0.5) is 11.4 Å².